The third kappa shape index (κ3) is 16.1. The maximum atomic E-state index is 5.50. The van der Waals surface area contributed by atoms with Crippen LogP contribution in [0.25, 0.3) is 0 Å². The van der Waals surface area contributed by atoms with Gasteiger partial charge in [0.2, 0.25) is 4.91 Å². The Morgan fingerprint density at radius 2 is 1.50 bits per heavy atom. The van der Waals surface area contributed by atoms with E-state index in [4.69, 9.17) is 11.1 Å². The molecule has 0 spiro atoms. The quantitative estimate of drug-likeness (QED) is 0.242. The van der Waals surface area contributed by atoms with Crippen LogP contribution in [0.3, 0.4) is 0 Å². The normalized spacial score (nSPS) is 18.7. The maximum absolute atomic E-state index is 5.50. The summed E-state index contributed by atoms with van der Waals surface area (Å²) in [6, 6.07) is 0. The van der Waals surface area contributed by atoms with Gasteiger partial charge >= 0.3 is 0 Å². The van der Waals surface area contributed by atoms with Crippen LogP contribution in [0.1, 0.15) is 19.3 Å². The summed E-state index contributed by atoms with van der Waals surface area (Å²) in [5.74, 6) is 0. The van der Waals surface area contributed by atoms with E-state index in [2.05, 4.69) is 15.6 Å². The number of piperidine rings is 1. The van der Waals surface area contributed by atoms with Crippen LogP contribution in [0, 0.1) is 11.1 Å². The van der Waals surface area contributed by atoms with Crippen LogP contribution >= 0.6 is 0 Å². The van der Waals surface area contributed by atoms with Gasteiger partial charge in [-0.25, -0.2) is 0 Å². The number of nitrogens with one attached hydrogen (secondary N) is 4. The van der Waals surface area contributed by atoms with Gasteiger partial charge in [-0.15, -0.1) is 0 Å². The zero-order chi connectivity index (χ0) is 9.07. The fourth-order valence-electron chi connectivity index (χ4n) is 0.802. The van der Waals surface area contributed by atoms with Gasteiger partial charge in [-0.3, -0.25) is 4.84 Å². The SMILES string of the molecule is C1CCNCC1.C1NO1.N=[N+]=N. The van der Waals surface area contributed by atoms with Gasteiger partial charge in [-0.05, 0) is 25.9 Å². The molecule has 0 atom stereocenters. The summed E-state index contributed by atoms with van der Waals surface area (Å²) in [6.45, 7) is 3.25. The Morgan fingerprint density at radius 3 is 1.58 bits per heavy atom. The topological polar surface area (TPSA) is 108 Å². The molecule has 0 unspecified atom stereocenters. The number of hydrogen-bond acceptors (Lipinski definition) is 5. The van der Waals surface area contributed by atoms with Crippen LogP contribution in [0.4, 0.5) is 0 Å². The van der Waals surface area contributed by atoms with E-state index >= 15 is 0 Å². The molecule has 0 aromatic rings. The first-order valence-electron chi connectivity index (χ1n) is 4.00. The van der Waals surface area contributed by atoms with Gasteiger partial charge < -0.3 is 5.32 Å². The third-order valence-electron chi connectivity index (χ3n) is 1.35. The molecule has 0 aromatic carbocycles. The lowest BCUT2D eigenvalue weighted by Gasteiger charge is -2.08. The first-order valence-corrected chi connectivity index (χ1v) is 4.00. The van der Waals surface area contributed by atoms with Gasteiger partial charge in [0.05, 0.1) is 0 Å². The highest BCUT2D eigenvalue weighted by Crippen LogP contribution is 1.96. The molecular weight excluding hydrogens is 158 g/mol. The van der Waals surface area contributed by atoms with Gasteiger partial charge in [0, 0.05) is 0 Å². The lowest BCUT2D eigenvalue weighted by Crippen LogP contribution is -2.21. The molecule has 0 saturated carbocycles. The van der Waals surface area contributed by atoms with Gasteiger partial charge in [0.15, 0.2) is 0 Å². The number of rotatable bonds is 0. The van der Waals surface area contributed by atoms with Crippen LogP contribution in [0.15, 0.2) is 0 Å². The number of hydrogen-bond donors (Lipinski definition) is 4. The summed E-state index contributed by atoms with van der Waals surface area (Å²) >= 11 is 0. The van der Waals surface area contributed by atoms with Crippen molar-refractivity contribution in [3.05, 3.63) is 0 Å². The number of hydroxylamine groups is 1. The monoisotopic (exact) mass is 174 g/mol. The molecule has 2 rings (SSSR count). The standard InChI is InChI=1S/C5H11N.CH3NO.H2N3/c1-2-4-6-5-3-1;1-2-3-1;1-3-2/h6H,1-5H2;2H,1H2;1-2H/q;;+1. The molecule has 4 N–H and O–H groups in total. The Hall–Kier alpha value is -0.810. The lowest BCUT2D eigenvalue weighted by atomic mass is 10.2. The second-order valence-corrected chi connectivity index (χ2v) is 2.36. The predicted molar refractivity (Wildman–Crippen MR) is 43.4 cm³/mol. The summed E-state index contributed by atoms with van der Waals surface area (Å²) in [4.78, 5) is 6.25. The van der Waals surface area contributed by atoms with Crippen molar-refractivity contribution >= 4 is 0 Å². The van der Waals surface area contributed by atoms with Crippen LogP contribution in [0.2, 0.25) is 0 Å². The van der Waals surface area contributed by atoms with Crippen molar-refractivity contribution in [2.24, 2.45) is 0 Å². The fraction of sp³-hybridized carbons (Fsp3) is 1.00. The Kier molecular flexibility index (Phi) is 9.50. The Labute approximate surface area is 71.7 Å². The minimum atomic E-state index is 0.750. The molecule has 2 heterocycles. The van der Waals surface area contributed by atoms with Crippen molar-refractivity contribution in [3.63, 3.8) is 0 Å². The van der Waals surface area contributed by atoms with E-state index in [0.717, 1.165) is 6.73 Å². The molecule has 0 aliphatic carbocycles. The first kappa shape index (κ1) is 11.2. The average molecular weight is 174 g/mol. The zero-order valence-electron chi connectivity index (χ0n) is 7.10. The molecule has 0 bridgehead atoms. The van der Waals surface area contributed by atoms with E-state index in [1.165, 1.54) is 32.4 Å². The van der Waals surface area contributed by atoms with Crippen molar-refractivity contribution in [1.29, 1.82) is 11.1 Å². The minimum Gasteiger partial charge on any atom is -0.317 e. The second-order valence-electron chi connectivity index (χ2n) is 2.36. The summed E-state index contributed by atoms with van der Waals surface area (Å²) in [5, 5.41) is 3.28. The van der Waals surface area contributed by atoms with E-state index in [1.54, 1.807) is 0 Å². The average Bonchev–Trinajstić information content (AvgIpc) is 2.95. The largest absolute Gasteiger partial charge is 0.317 e. The Balaban J connectivity index is 0.000000171. The molecule has 0 aromatic heterocycles. The summed E-state index contributed by atoms with van der Waals surface area (Å²) in [5.41, 5.74) is 13.5. The summed E-state index contributed by atoms with van der Waals surface area (Å²) in [7, 11) is 0. The van der Waals surface area contributed by atoms with Gasteiger partial charge in [0.1, 0.15) is 17.8 Å². The molecule has 6 heteroatoms. The molecular formula is C6H16N5O+. The molecule has 70 valence electrons. The van der Waals surface area contributed by atoms with Crippen LogP contribution in [-0.4, -0.2) is 19.8 Å². The highest BCUT2D eigenvalue weighted by atomic mass is 16.8. The highest BCUT2D eigenvalue weighted by molar-refractivity contribution is 4.55. The molecule has 2 aliphatic rings. The molecule has 0 amide bonds. The van der Waals surface area contributed by atoms with E-state index in [0.29, 0.717) is 0 Å². The molecule has 2 aliphatic heterocycles. The highest BCUT2D eigenvalue weighted by Gasteiger charge is 1.93. The minimum absolute atomic E-state index is 0.750. The predicted octanol–water partition coefficient (Wildman–Crippen LogP) is 0.354. The van der Waals surface area contributed by atoms with Crippen LogP contribution < -0.4 is 15.7 Å². The smallest absolute Gasteiger partial charge is 0.211 e. The van der Waals surface area contributed by atoms with Gasteiger partial charge in [0.25, 0.3) is 0 Å². The van der Waals surface area contributed by atoms with Crippen LogP contribution in [0.5, 0.6) is 0 Å². The van der Waals surface area contributed by atoms with E-state index in [1.807, 2.05) is 4.91 Å². The van der Waals surface area contributed by atoms with Crippen molar-refractivity contribution in [2.45, 2.75) is 19.3 Å². The number of nitrogens with zero attached hydrogens (tertiary/aromatic N) is 1. The summed E-state index contributed by atoms with van der Waals surface area (Å²) < 4.78 is 0. The molecule has 0 radical (unpaired) electrons. The molecule has 12 heavy (non-hydrogen) atoms. The van der Waals surface area contributed by atoms with Crippen molar-refractivity contribution < 1.29 is 4.84 Å². The summed E-state index contributed by atoms with van der Waals surface area (Å²) in [6.07, 6.45) is 4.22. The van der Waals surface area contributed by atoms with Gasteiger partial charge in [-0.2, -0.15) is 5.48 Å². The molecule has 2 fully saturated rings. The third-order valence-corrected chi connectivity index (χ3v) is 1.35. The Morgan fingerprint density at radius 1 is 1.08 bits per heavy atom. The van der Waals surface area contributed by atoms with Gasteiger partial charge in [-0.1, -0.05) is 6.42 Å². The molecule has 2 saturated heterocycles. The van der Waals surface area contributed by atoms with Crippen LogP contribution in [-0.2, 0) is 4.84 Å². The van der Waals surface area contributed by atoms with E-state index < -0.39 is 0 Å². The zero-order valence-corrected chi connectivity index (χ0v) is 7.10. The van der Waals surface area contributed by atoms with E-state index in [-0.39, 0.29) is 0 Å². The first-order chi connectivity index (χ1) is 5.91. The molecule has 6 nitrogen and oxygen atoms in total. The lowest BCUT2D eigenvalue weighted by molar-refractivity contribution is 0.412. The van der Waals surface area contributed by atoms with Crippen molar-refractivity contribution in [1.82, 2.24) is 15.7 Å². The van der Waals surface area contributed by atoms with Crippen molar-refractivity contribution in [3.8, 4) is 0 Å². The van der Waals surface area contributed by atoms with E-state index in [9.17, 15) is 0 Å². The maximum Gasteiger partial charge on any atom is 0.211 e. The Bertz CT molecular complexity index is 103. The second kappa shape index (κ2) is 10.2. The van der Waals surface area contributed by atoms with Crippen molar-refractivity contribution in [2.75, 3.05) is 19.8 Å². The fourth-order valence-corrected chi connectivity index (χ4v) is 0.802.